The zero-order valence-electron chi connectivity index (χ0n) is 18.0. The molecule has 0 aromatic carbocycles. The predicted octanol–water partition coefficient (Wildman–Crippen LogP) is 5.66. The topological polar surface area (TPSA) is 51.3 Å². The highest BCUT2D eigenvalue weighted by Gasteiger charge is 2.14. The van der Waals surface area contributed by atoms with E-state index in [-0.39, 0.29) is 11.2 Å². The van der Waals surface area contributed by atoms with Crippen LogP contribution >= 0.6 is 0 Å². The number of pyridine rings is 1. The minimum atomic E-state index is -0.121. The molecule has 0 aliphatic heterocycles. The Labute approximate surface area is 164 Å². The summed E-state index contributed by atoms with van der Waals surface area (Å²) in [6, 6.07) is 0. The van der Waals surface area contributed by atoms with Crippen molar-refractivity contribution in [3.8, 4) is 11.6 Å². The summed E-state index contributed by atoms with van der Waals surface area (Å²) in [5.41, 5.74) is 5.56. The molecule has 1 heterocycles. The van der Waals surface area contributed by atoms with Gasteiger partial charge in [0.25, 0.3) is 0 Å². The molecule has 27 heavy (non-hydrogen) atoms. The van der Waals surface area contributed by atoms with Gasteiger partial charge in [-0.2, -0.15) is 0 Å². The number of aromatic nitrogens is 1. The van der Waals surface area contributed by atoms with Crippen LogP contribution in [0.3, 0.4) is 0 Å². The maximum atomic E-state index is 12.4. The average molecular weight is 374 g/mol. The molecular formula is C23H35NO3. The van der Waals surface area contributed by atoms with E-state index in [0.717, 1.165) is 31.4 Å². The molecule has 0 amide bonds. The average Bonchev–Trinajstić information content (AvgIpc) is 2.62. The van der Waals surface area contributed by atoms with Gasteiger partial charge in [0.1, 0.15) is 0 Å². The lowest BCUT2D eigenvalue weighted by Crippen LogP contribution is -2.15. The first-order valence-corrected chi connectivity index (χ1v) is 9.58. The molecule has 0 aliphatic carbocycles. The fourth-order valence-electron chi connectivity index (χ4n) is 2.85. The molecule has 0 unspecified atom stereocenters. The van der Waals surface area contributed by atoms with Crippen LogP contribution in [-0.2, 0) is 6.42 Å². The molecule has 1 aromatic heterocycles. The lowest BCUT2D eigenvalue weighted by atomic mass is 10.0. The van der Waals surface area contributed by atoms with E-state index in [2.05, 4.69) is 50.9 Å². The summed E-state index contributed by atoms with van der Waals surface area (Å²) in [4.78, 5) is 15.5. The van der Waals surface area contributed by atoms with Gasteiger partial charge in [0.05, 0.1) is 14.2 Å². The number of ether oxygens (including phenoxy) is 2. The maximum Gasteiger partial charge on any atom is 0.238 e. The van der Waals surface area contributed by atoms with Crippen molar-refractivity contribution < 1.29 is 9.47 Å². The van der Waals surface area contributed by atoms with Crippen LogP contribution in [0.1, 0.15) is 64.6 Å². The number of aromatic amines is 1. The Kier molecular flexibility index (Phi) is 9.70. The van der Waals surface area contributed by atoms with E-state index in [4.69, 9.17) is 9.47 Å². The minimum Gasteiger partial charge on any atom is -0.488 e. The molecule has 0 fully saturated rings. The fraction of sp³-hybridized carbons (Fsp3) is 0.522. The van der Waals surface area contributed by atoms with Gasteiger partial charge in [0.15, 0.2) is 0 Å². The van der Waals surface area contributed by atoms with Gasteiger partial charge in [0.2, 0.25) is 17.1 Å². The van der Waals surface area contributed by atoms with Crippen LogP contribution in [-0.4, -0.2) is 19.2 Å². The van der Waals surface area contributed by atoms with Crippen molar-refractivity contribution >= 4 is 0 Å². The summed E-state index contributed by atoms with van der Waals surface area (Å²) in [7, 11) is 3.01. The Morgan fingerprint density at radius 1 is 0.926 bits per heavy atom. The van der Waals surface area contributed by atoms with Crippen molar-refractivity contribution in [3.63, 3.8) is 0 Å². The first-order chi connectivity index (χ1) is 12.8. The van der Waals surface area contributed by atoms with Gasteiger partial charge in [-0.15, -0.1) is 0 Å². The molecule has 1 N–H and O–H groups in total. The van der Waals surface area contributed by atoms with E-state index in [1.54, 1.807) is 0 Å². The van der Waals surface area contributed by atoms with Crippen molar-refractivity contribution in [1.82, 2.24) is 4.98 Å². The van der Waals surface area contributed by atoms with Crippen LogP contribution in [0.5, 0.6) is 11.6 Å². The van der Waals surface area contributed by atoms with Gasteiger partial charge < -0.3 is 14.5 Å². The summed E-state index contributed by atoms with van der Waals surface area (Å²) < 4.78 is 10.4. The molecule has 0 aliphatic rings. The van der Waals surface area contributed by atoms with Crippen molar-refractivity contribution in [2.75, 3.05) is 14.2 Å². The third kappa shape index (κ3) is 7.49. The van der Waals surface area contributed by atoms with Crippen LogP contribution in [0.15, 0.2) is 39.7 Å². The van der Waals surface area contributed by atoms with Crippen molar-refractivity contribution in [2.24, 2.45) is 0 Å². The van der Waals surface area contributed by atoms with Crippen molar-refractivity contribution in [1.29, 1.82) is 0 Å². The monoisotopic (exact) mass is 373 g/mol. The van der Waals surface area contributed by atoms with E-state index in [1.165, 1.54) is 30.9 Å². The third-order valence-corrected chi connectivity index (χ3v) is 4.66. The first-order valence-electron chi connectivity index (χ1n) is 9.58. The van der Waals surface area contributed by atoms with Gasteiger partial charge in [-0.05, 0) is 60.3 Å². The Hall–Kier alpha value is -2.23. The van der Waals surface area contributed by atoms with Crippen LogP contribution in [0.4, 0.5) is 0 Å². The highest BCUT2D eigenvalue weighted by atomic mass is 16.5. The zero-order valence-corrected chi connectivity index (χ0v) is 18.0. The van der Waals surface area contributed by atoms with Crippen molar-refractivity contribution in [3.05, 3.63) is 56.4 Å². The highest BCUT2D eigenvalue weighted by molar-refractivity contribution is 5.40. The molecule has 0 radical (unpaired) electrons. The van der Waals surface area contributed by atoms with E-state index in [0.29, 0.717) is 17.9 Å². The Bertz CT molecular complexity index is 763. The quantitative estimate of drug-likeness (QED) is 0.538. The van der Waals surface area contributed by atoms with Gasteiger partial charge >= 0.3 is 0 Å². The van der Waals surface area contributed by atoms with Gasteiger partial charge in [-0.3, -0.25) is 4.79 Å². The molecule has 0 saturated carbocycles. The summed E-state index contributed by atoms with van der Waals surface area (Å²) in [5, 5.41) is 0. The second-order valence-electron chi connectivity index (χ2n) is 7.29. The number of allylic oxidation sites excluding steroid dienone is 6. The van der Waals surface area contributed by atoms with Crippen LogP contribution < -0.4 is 14.9 Å². The Balaban J connectivity index is 2.68. The molecule has 0 atom stereocenters. The first kappa shape index (κ1) is 22.8. The Morgan fingerprint density at radius 2 is 1.52 bits per heavy atom. The van der Waals surface area contributed by atoms with Crippen LogP contribution in [0, 0.1) is 6.92 Å². The largest absolute Gasteiger partial charge is 0.488 e. The van der Waals surface area contributed by atoms with E-state index in [9.17, 15) is 4.79 Å². The molecule has 0 spiro atoms. The molecule has 150 valence electrons. The predicted molar refractivity (Wildman–Crippen MR) is 114 cm³/mol. The standard InChI is InChI=1S/C23H35NO3/c1-16(2)10-8-11-17(3)12-9-13-18(4)14-15-20-19(5)21(25)22(26-6)23(24-20)27-7/h10,12,14H,8-9,11,13,15H2,1-7H3,(H,24,25)/b17-12+,18-14+. The number of methoxy groups -OCH3 is 2. The molecule has 1 rings (SSSR count). The van der Waals surface area contributed by atoms with Gasteiger partial charge in [-0.1, -0.05) is 34.9 Å². The lowest BCUT2D eigenvalue weighted by Gasteiger charge is -2.11. The second kappa shape index (κ2) is 11.5. The minimum absolute atomic E-state index is 0.121. The van der Waals surface area contributed by atoms with Crippen LogP contribution in [0.25, 0.3) is 0 Å². The molecule has 0 bridgehead atoms. The lowest BCUT2D eigenvalue weighted by molar-refractivity contribution is 0.339. The number of H-pyrrole nitrogens is 1. The summed E-state index contributed by atoms with van der Waals surface area (Å²) in [6.07, 6.45) is 11.8. The molecule has 0 saturated heterocycles. The smallest absolute Gasteiger partial charge is 0.238 e. The zero-order chi connectivity index (χ0) is 20.4. The van der Waals surface area contributed by atoms with E-state index < -0.39 is 0 Å². The molecular weight excluding hydrogens is 338 g/mol. The number of nitrogens with one attached hydrogen (secondary N) is 1. The fourth-order valence-corrected chi connectivity index (χ4v) is 2.85. The SMILES string of the molecule is COc1[nH]c(C/C=C(\C)CC/C=C(\C)CCC=C(C)C)c(C)c(=O)c1OC. The maximum absolute atomic E-state index is 12.4. The van der Waals surface area contributed by atoms with E-state index >= 15 is 0 Å². The second-order valence-corrected chi connectivity index (χ2v) is 7.29. The number of hydrogen-bond donors (Lipinski definition) is 1. The van der Waals surface area contributed by atoms with Crippen LogP contribution in [0.2, 0.25) is 0 Å². The number of hydrogen-bond acceptors (Lipinski definition) is 3. The molecule has 1 aromatic rings. The molecule has 4 heteroatoms. The summed E-state index contributed by atoms with van der Waals surface area (Å²) in [5.74, 6) is 0.609. The Morgan fingerprint density at radius 3 is 2.07 bits per heavy atom. The summed E-state index contributed by atoms with van der Waals surface area (Å²) >= 11 is 0. The third-order valence-electron chi connectivity index (χ3n) is 4.66. The number of rotatable bonds is 10. The molecule has 4 nitrogen and oxygen atoms in total. The van der Waals surface area contributed by atoms with Gasteiger partial charge in [0, 0.05) is 17.7 Å². The van der Waals surface area contributed by atoms with Crippen molar-refractivity contribution in [2.45, 2.75) is 66.7 Å². The van der Waals surface area contributed by atoms with Gasteiger partial charge in [-0.25, -0.2) is 0 Å². The highest BCUT2D eigenvalue weighted by Crippen LogP contribution is 2.22. The summed E-state index contributed by atoms with van der Waals surface area (Å²) in [6.45, 7) is 10.4. The van der Waals surface area contributed by atoms with E-state index in [1.807, 2.05) is 6.92 Å². The normalized spacial score (nSPS) is 12.1.